The number of imidazole rings is 1. The van der Waals surface area contributed by atoms with E-state index in [1.165, 1.54) is 25.7 Å². The SMILES string of the molecule is c1ccc(-c2nc(-c3ccccc3)nc(-c3cccc(-c4ccc5sc6c(c5c4)c4ccccc4c4nc5ccccc5n46)c3)n2)cc1. The number of hydrogen-bond donors (Lipinski definition) is 0. The minimum atomic E-state index is 0.645. The minimum Gasteiger partial charge on any atom is -0.283 e. The van der Waals surface area contributed by atoms with Gasteiger partial charge in [-0.25, -0.2) is 19.9 Å². The summed E-state index contributed by atoms with van der Waals surface area (Å²) in [5.74, 6) is 1.95. The molecule has 0 saturated carbocycles. The normalized spacial score (nSPS) is 11.8. The largest absolute Gasteiger partial charge is 0.283 e. The Bertz CT molecular complexity index is 2780. The Morgan fingerprint density at radius 3 is 1.75 bits per heavy atom. The second kappa shape index (κ2) is 10.7. The Kier molecular flexibility index (Phi) is 5.98. The standard InChI is InChI=1S/C42H25N5S/c1-3-12-26(13-4-1)38-44-39(27-14-5-2-6-15-27)46-40(45-38)30-17-11-16-28(24-30)29-22-23-36-33(25-29)37-31-18-7-8-19-32(31)41-43-34-20-9-10-21-35(34)47(41)42(37)48-36/h1-25H. The summed E-state index contributed by atoms with van der Waals surface area (Å²) < 4.78 is 3.59. The van der Waals surface area contributed by atoms with Crippen LogP contribution in [0.15, 0.2) is 152 Å². The number of benzene rings is 6. The Morgan fingerprint density at radius 1 is 0.417 bits per heavy atom. The van der Waals surface area contributed by atoms with Gasteiger partial charge in [-0.1, -0.05) is 121 Å². The fourth-order valence-electron chi connectivity index (χ4n) is 6.77. The van der Waals surface area contributed by atoms with Crippen LogP contribution >= 0.6 is 11.3 Å². The number of nitrogens with zero attached hydrogens (tertiary/aromatic N) is 5. The van der Waals surface area contributed by atoms with Crippen molar-refractivity contribution >= 4 is 59.1 Å². The molecule has 0 radical (unpaired) electrons. The van der Waals surface area contributed by atoms with Gasteiger partial charge in [0.25, 0.3) is 0 Å². The molecule has 0 spiro atoms. The molecule has 6 heteroatoms. The monoisotopic (exact) mass is 631 g/mol. The van der Waals surface area contributed by atoms with Gasteiger partial charge >= 0.3 is 0 Å². The van der Waals surface area contributed by atoms with Crippen LogP contribution in [0.1, 0.15) is 0 Å². The highest BCUT2D eigenvalue weighted by molar-refractivity contribution is 7.25. The van der Waals surface area contributed by atoms with Gasteiger partial charge in [-0.15, -0.1) is 11.3 Å². The predicted octanol–water partition coefficient (Wildman–Crippen LogP) is 10.9. The molecule has 4 heterocycles. The molecule has 10 rings (SSSR count). The van der Waals surface area contributed by atoms with E-state index in [2.05, 4.69) is 95.4 Å². The van der Waals surface area contributed by atoms with E-state index < -0.39 is 0 Å². The van der Waals surface area contributed by atoms with Crippen molar-refractivity contribution in [2.45, 2.75) is 0 Å². The van der Waals surface area contributed by atoms with E-state index in [0.717, 1.165) is 49.9 Å². The van der Waals surface area contributed by atoms with Crippen LogP contribution in [0.25, 0.3) is 93.0 Å². The molecule has 6 aromatic carbocycles. The van der Waals surface area contributed by atoms with Crippen molar-refractivity contribution in [2.75, 3.05) is 0 Å². The van der Waals surface area contributed by atoms with Gasteiger partial charge in [-0.05, 0) is 46.8 Å². The van der Waals surface area contributed by atoms with Crippen molar-refractivity contribution in [3.05, 3.63) is 152 Å². The van der Waals surface area contributed by atoms with Crippen LogP contribution in [0.4, 0.5) is 0 Å². The first kappa shape index (κ1) is 26.9. The third-order valence-corrected chi connectivity index (χ3v) is 10.2. The molecule has 0 atom stereocenters. The van der Waals surface area contributed by atoms with Crippen molar-refractivity contribution in [3.8, 4) is 45.3 Å². The van der Waals surface area contributed by atoms with Gasteiger partial charge < -0.3 is 0 Å². The molecular formula is C42H25N5S. The molecule has 0 saturated heterocycles. The lowest BCUT2D eigenvalue weighted by Gasteiger charge is -2.10. The average Bonchev–Trinajstić information content (AvgIpc) is 3.74. The fraction of sp³-hybridized carbons (Fsp3) is 0. The summed E-state index contributed by atoms with van der Waals surface area (Å²) in [6, 6.07) is 52.6. The molecule has 0 N–H and O–H groups in total. The number of para-hydroxylation sites is 2. The van der Waals surface area contributed by atoms with Gasteiger partial charge in [0, 0.05) is 37.5 Å². The molecule has 0 aliphatic rings. The minimum absolute atomic E-state index is 0.645. The van der Waals surface area contributed by atoms with Crippen LogP contribution < -0.4 is 0 Å². The van der Waals surface area contributed by atoms with E-state index in [0.29, 0.717) is 17.5 Å². The summed E-state index contributed by atoms with van der Waals surface area (Å²) in [7, 11) is 0. The first-order valence-corrected chi connectivity index (χ1v) is 16.7. The molecule has 5 nitrogen and oxygen atoms in total. The Balaban J connectivity index is 1.16. The van der Waals surface area contributed by atoms with Crippen molar-refractivity contribution in [2.24, 2.45) is 0 Å². The lowest BCUT2D eigenvalue weighted by molar-refractivity contribution is 1.07. The van der Waals surface area contributed by atoms with Gasteiger partial charge in [-0.3, -0.25) is 4.40 Å². The summed E-state index contributed by atoms with van der Waals surface area (Å²) in [6.07, 6.45) is 0. The van der Waals surface area contributed by atoms with Gasteiger partial charge in [0.05, 0.1) is 11.0 Å². The molecular weight excluding hydrogens is 607 g/mol. The molecule has 10 aromatic rings. The third kappa shape index (κ3) is 4.24. The highest BCUT2D eigenvalue weighted by Gasteiger charge is 2.18. The van der Waals surface area contributed by atoms with E-state index in [4.69, 9.17) is 19.9 Å². The maximum absolute atomic E-state index is 5.07. The quantitative estimate of drug-likeness (QED) is 0.194. The summed E-state index contributed by atoms with van der Waals surface area (Å²) in [5.41, 5.74) is 8.24. The smallest absolute Gasteiger partial charge is 0.164 e. The van der Waals surface area contributed by atoms with Crippen molar-refractivity contribution in [1.29, 1.82) is 0 Å². The Labute approximate surface area is 279 Å². The van der Waals surface area contributed by atoms with E-state index in [9.17, 15) is 0 Å². The molecule has 0 fully saturated rings. The zero-order valence-electron chi connectivity index (χ0n) is 25.6. The Hall–Kier alpha value is -6.24. The van der Waals surface area contributed by atoms with Gasteiger partial charge in [-0.2, -0.15) is 0 Å². The zero-order chi connectivity index (χ0) is 31.6. The van der Waals surface area contributed by atoms with Gasteiger partial charge in [0.2, 0.25) is 0 Å². The van der Waals surface area contributed by atoms with E-state index in [1.807, 2.05) is 72.0 Å². The average molecular weight is 632 g/mol. The number of aromatic nitrogens is 5. The van der Waals surface area contributed by atoms with Crippen LogP contribution in [-0.4, -0.2) is 24.3 Å². The second-order valence-electron chi connectivity index (χ2n) is 11.9. The number of fused-ring (bicyclic) bond motifs is 10. The van der Waals surface area contributed by atoms with Gasteiger partial charge in [0.1, 0.15) is 10.5 Å². The molecule has 0 amide bonds. The van der Waals surface area contributed by atoms with Crippen LogP contribution in [-0.2, 0) is 0 Å². The summed E-state index contributed by atoms with van der Waals surface area (Å²) in [4.78, 5) is 21.1. The molecule has 0 aliphatic carbocycles. The maximum atomic E-state index is 5.07. The summed E-state index contributed by atoms with van der Waals surface area (Å²) >= 11 is 1.82. The zero-order valence-corrected chi connectivity index (χ0v) is 26.4. The molecule has 0 bridgehead atoms. The van der Waals surface area contributed by atoms with Crippen molar-refractivity contribution in [3.63, 3.8) is 0 Å². The van der Waals surface area contributed by atoms with Crippen molar-refractivity contribution in [1.82, 2.24) is 24.3 Å². The third-order valence-electron chi connectivity index (χ3n) is 9.02. The number of hydrogen-bond acceptors (Lipinski definition) is 5. The first-order chi connectivity index (χ1) is 23.8. The maximum Gasteiger partial charge on any atom is 0.164 e. The number of rotatable bonds is 4. The predicted molar refractivity (Wildman–Crippen MR) is 198 cm³/mol. The molecule has 4 aromatic heterocycles. The molecule has 0 aliphatic heterocycles. The molecule has 48 heavy (non-hydrogen) atoms. The lowest BCUT2D eigenvalue weighted by atomic mass is 9.99. The van der Waals surface area contributed by atoms with Crippen molar-refractivity contribution < 1.29 is 0 Å². The van der Waals surface area contributed by atoms with E-state index >= 15 is 0 Å². The molecule has 0 unspecified atom stereocenters. The lowest BCUT2D eigenvalue weighted by Crippen LogP contribution is -2.00. The molecule has 224 valence electrons. The van der Waals surface area contributed by atoms with Crippen LogP contribution in [0, 0.1) is 0 Å². The topological polar surface area (TPSA) is 56.0 Å². The first-order valence-electron chi connectivity index (χ1n) is 15.9. The van der Waals surface area contributed by atoms with Crippen LogP contribution in [0.3, 0.4) is 0 Å². The summed E-state index contributed by atoms with van der Waals surface area (Å²) in [6.45, 7) is 0. The van der Waals surface area contributed by atoms with Crippen LogP contribution in [0.5, 0.6) is 0 Å². The van der Waals surface area contributed by atoms with E-state index in [-0.39, 0.29) is 0 Å². The fourth-order valence-corrected chi connectivity index (χ4v) is 7.98. The second-order valence-corrected chi connectivity index (χ2v) is 12.9. The summed E-state index contributed by atoms with van der Waals surface area (Å²) in [5, 5.41) is 4.88. The highest BCUT2D eigenvalue weighted by Crippen LogP contribution is 2.43. The van der Waals surface area contributed by atoms with E-state index in [1.54, 1.807) is 0 Å². The highest BCUT2D eigenvalue weighted by atomic mass is 32.1. The van der Waals surface area contributed by atoms with Crippen LogP contribution in [0.2, 0.25) is 0 Å². The van der Waals surface area contributed by atoms with Gasteiger partial charge in [0.15, 0.2) is 17.5 Å². The Morgan fingerprint density at radius 2 is 1.00 bits per heavy atom. The number of pyridine rings is 1. The number of thiophene rings is 1.